The molecule has 246 valence electrons. The topological polar surface area (TPSA) is 35.6 Å². The number of nitrogens with zero attached hydrogens (tertiary/aromatic N) is 4. The van der Waals surface area contributed by atoms with Crippen LogP contribution < -0.4 is 0 Å². The molecule has 0 saturated heterocycles. The molecule has 3 aromatic heterocycles. The lowest BCUT2D eigenvalue weighted by Crippen LogP contribution is -2.13. The maximum Gasteiger partial charge on any atom is 0.237 e. The summed E-state index contributed by atoms with van der Waals surface area (Å²) >= 11 is 0. The molecule has 0 radical (unpaired) electrons. The van der Waals surface area contributed by atoms with E-state index in [0.29, 0.717) is 11.8 Å². The summed E-state index contributed by atoms with van der Waals surface area (Å²) in [6.07, 6.45) is 12.9. The molecule has 10 rings (SSSR count). The number of fused-ring (bicyclic) bond motifs is 6. The first-order chi connectivity index (χ1) is 24.8. The van der Waals surface area contributed by atoms with Crippen molar-refractivity contribution in [3.63, 3.8) is 0 Å². The zero-order valence-corrected chi connectivity index (χ0v) is 28.6. The molecule has 2 saturated carbocycles. The average Bonchev–Trinajstić information content (AvgIpc) is 3.71. The van der Waals surface area contributed by atoms with Crippen LogP contribution in [-0.2, 0) is 0 Å². The third-order valence-electron chi connectivity index (χ3n) is 11.8. The lowest BCUT2D eigenvalue weighted by Gasteiger charge is -2.30. The molecule has 4 heteroatoms. The summed E-state index contributed by atoms with van der Waals surface area (Å²) in [6.45, 7) is 0. The lowest BCUT2D eigenvalue weighted by molar-refractivity contribution is 0.436. The van der Waals surface area contributed by atoms with Crippen LogP contribution in [0.2, 0.25) is 0 Å². The van der Waals surface area contributed by atoms with E-state index >= 15 is 0 Å². The van der Waals surface area contributed by atoms with E-state index < -0.39 is 0 Å². The van der Waals surface area contributed by atoms with Gasteiger partial charge in [-0.25, -0.2) is 4.98 Å². The minimum Gasteiger partial charge on any atom is -0.294 e. The second kappa shape index (κ2) is 12.3. The van der Waals surface area contributed by atoms with Crippen molar-refractivity contribution in [2.24, 2.45) is 0 Å². The Hall–Kier alpha value is -5.22. The Bertz CT molecular complexity index is 2250. The summed E-state index contributed by atoms with van der Waals surface area (Å²) in [5, 5.41) is 4.93. The Morgan fingerprint density at radius 3 is 1.30 bits per heavy atom. The summed E-state index contributed by atoms with van der Waals surface area (Å²) in [7, 11) is 0. The molecule has 0 atom stereocenters. The highest BCUT2D eigenvalue weighted by Gasteiger charge is 2.28. The number of rotatable bonds is 5. The highest BCUT2D eigenvalue weighted by Crippen LogP contribution is 2.45. The Labute approximate surface area is 293 Å². The lowest BCUT2D eigenvalue weighted by atomic mass is 9.76. The summed E-state index contributed by atoms with van der Waals surface area (Å²) in [5.74, 6) is 2.76. The molecule has 2 aliphatic carbocycles. The monoisotopic (exact) mass is 650 g/mol. The number of hydrogen-bond acceptors (Lipinski definition) is 2. The van der Waals surface area contributed by atoms with Crippen molar-refractivity contribution >= 4 is 43.6 Å². The van der Waals surface area contributed by atoms with Crippen molar-refractivity contribution in [1.29, 1.82) is 0 Å². The third kappa shape index (κ3) is 4.80. The van der Waals surface area contributed by atoms with Crippen LogP contribution in [0.3, 0.4) is 0 Å². The SMILES string of the molecule is c1cc(C2CCCCC2)c(-c2cc(-n3c4ccccc4c4ccccc43)nc(-n3c4ccccc4c4ccccc43)n2)c(C2CCCCC2)c1. The second-order valence-corrected chi connectivity index (χ2v) is 14.6. The van der Waals surface area contributed by atoms with E-state index in [1.165, 1.54) is 113 Å². The highest BCUT2D eigenvalue weighted by atomic mass is 15.2. The van der Waals surface area contributed by atoms with Gasteiger partial charge in [0.15, 0.2) is 0 Å². The van der Waals surface area contributed by atoms with E-state index in [1.54, 1.807) is 0 Å². The molecule has 0 amide bonds. The predicted molar refractivity (Wildman–Crippen MR) is 208 cm³/mol. The Balaban J connectivity index is 1.32. The van der Waals surface area contributed by atoms with Crippen LogP contribution in [0.5, 0.6) is 0 Å². The van der Waals surface area contributed by atoms with Crippen molar-refractivity contribution < 1.29 is 0 Å². The fourth-order valence-corrected chi connectivity index (χ4v) is 9.46. The van der Waals surface area contributed by atoms with Crippen LogP contribution in [0.4, 0.5) is 0 Å². The first-order valence-corrected chi connectivity index (χ1v) is 18.8. The molecule has 4 nitrogen and oxygen atoms in total. The number of hydrogen-bond donors (Lipinski definition) is 0. The van der Waals surface area contributed by atoms with Gasteiger partial charge in [-0.3, -0.25) is 9.13 Å². The summed E-state index contributed by atoms with van der Waals surface area (Å²) in [4.78, 5) is 11.2. The molecule has 2 fully saturated rings. The fraction of sp³-hybridized carbons (Fsp3) is 0.261. The minimum absolute atomic E-state index is 0.561. The van der Waals surface area contributed by atoms with Gasteiger partial charge in [0.2, 0.25) is 5.95 Å². The Morgan fingerprint density at radius 2 is 0.840 bits per heavy atom. The van der Waals surface area contributed by atoms with Gasteiger partial charge in [-0.2, -0.15) is 4.98 Å². The standard InChI is InChI=1S/C46H42N4/c1-3-16-31(17-4-1)33-24-15-25-34(32-18-5-2-6-19-32)45(33)39-30-44(49-40-26-11-7-20-35(40)36-21-8-12-27-41(36)49)48-46(47-39)50-42-28-13-9-22-37(42)38-23-10-14-29-43(38)50/h7-15,20-32H,1-6,16-19H2. The molecule has 0 N–H and O–H groups in total. The summed E-state index contributed by atoms with van der Waals surface area (Å²) < 4.78 is 4.67. The maximum absolute atomic E-state index is 5.67. The van der Waals surface area contributed by atoms with E-state index in [1.807, 2.05) is 0 Å². The Morgan fingerprint density at radius 1 is 0.420 bits per heavy atom. The number of para-hydroxylation sites is 4. The fourth-order valence-electron chi connectivity index (χ4n) is 9.46. The molecule has 5 aromatic carbocycles. The van der Waals surface area contributed by atoms with Gasteiger partial charge in [-0.15, -0.1) is 0 Å². The van der Waals surface area contributed by atoms with Crippen LogP contribution in [0.25, 0.3) is 66.6 Å². The molecule has 0 aliphatic heterocycles. The molecule has 0 unspecified atom stereocenters. The van der Waals surface area contributed by atoms with E-state index in [4.69, 9.17) is 9.97 Å². The smallest absolute Gasteiger partial charge is 0.237 e. The predicted octanol–water partition coefficient (Wildman–Crippen LogP) is 12.4. The van der Waals surface area contributed by atoms with Crippen molar-refractivity contribution in [2.75, 3.05) is 0 Å². The van der Waals surface area contributed by atoms with E-state index in [0.717, 1.165) is 28.5 Å². The van der Waals surface area contributed by atoms with E-state index in [-0.39, 0.29) is 0 Å². The first-order valence-electron chi connectivity index (χ1n) is 18.8. The van der Waals surface area contributed by atoms with Gasteiger partial charge in [0.25, 0.3) is 0 Å². The van der Waals surface area contributed by atoms with Crippen LogP contribution in [0, 0.1) is 0 Å². The quantitative estimate of drug-likeness (QED) is 0.186. The zero-order valence-electron chi connectivity index (χ0n) is 28.6. The number of aromatic nitrogens is 4. The van der Waals surface area contributed by atoms with Crippen molar-refractivity contribution in [2.45, 2.75) is 76.0 Å². The maximum atomic E-state index is 5.67. The highest BCUT2D eigenvalue weighted by molar-refractivity contribution is 6.10. The van der Waals surface area contributed by atoms with Crippen LogP contribution in [0.1, 0.15) is 87.2 Å². The molecule has 0 spiro atoms. The van der Waals surface area contributed by atoms with Crippen molar-refractivity contribution in [3.05, 3.63) is 132 Å². The zero-order chi connectivity index (χ0) is 33.0. The van der Waals surface area contributed by atoms with Gasteiger partial charge in [-0.05, 0) is 72.9 Å². The average molecular weight is 651 g/mol. The second-order valence-electron chi connectivity index (χ2n) is 14.6. The molecule has 2 aliphatic rings. The molecular weight excluding hydrogens is 609 g/mol. The third-order valence-corrected chi connectivity index (χ3v) is 11.8. The Kier molecular flexibility index (Phi) is 7.29. The van der Waals surface area contributed by atoms with Crippen LogP contribution in [-0.4, -0.2) is 19.1 Å². The molecule has 50 heavy (non-hydrogen) atoms. The van der Waals surface area contributed by atoms with Gasteiger partial charge >= 0.3 is 0 Å². The van der Waals surface area contributed by atoms with Crippen molar-refractivity contribution in [3.8, 4) is 23.0 Å². The summed E-state index contributed by atoms with van der Waals surface area (Å²) in [6, 6.07) is 44.5. The normalized spacial score (nSPS) is 16.2. The van der Waals surface area contributed by atoms with E-state index in [2.05, 4.69) is 130 Å². The summed E-state index contributed by atoms with van der Waals surface area (Å²) in [5.41, 5.74) is 10.0. The molecular formula is C46H42N4. The largest absolute Gasteiger partial charge is 0.294 e. The van der Waals surface area contributed by atoms with Gasteiger partial charge in [0.05, 0.1) is 27.8 Å². The molecule has 8 aromatic rings. The van der Waals surface area contributed by atoms with Crippen LogP contribution in [0.15, 0.2) is 121 Å². The van der Waals surface area contributed by atoms with Gasteiger partial charge in [0.1, 0.15) is 5.82 Å². The van der Waals surface area contributed by atoms with Crippen LogP contribution >= 0.6 is 0 Å². The van der Waals surface area contributed by atoms with Gasteiger partial charge in [0, 0.05) is 33.2 Å². The minimum atomic E-state index is 0.561. The first kappa shape index (κ1) is 29.7. The van der Waals surface area contributed by atoms with E-state index in [9.17, 15) is 0 Å². The number of benzene rings is 5. The van der Waals surface area contributed by atoms with Crippen molar-refractivity contribution in [1.82, 2.24) is 19.1 Å². The van der Waals surface area contributed by atoms with Gasteiger partial charge < -0.3 is 0 Å². The van der Waals surface area contributed by atoms with Gasteiger partial charge in [-0.1, -0.05) is 130 Å². The molecule has 0 bridgehead atoms. The molecule has 3 heterocycles.